The van der Waals surface area contributed by atoms with Crippen LogP contribution < -0.4 is 5.73 Å². The van der Waals surface area contributed by atoms with Gasteiger partial charge in [0.2, 0.25) is 0 Å². The summed E-state index contributed by atoms with van der Waals surface area (Å²) in [5.74, 6) is 0. The van der Waals surface area contributed by atoms with Crippen LogP contribution in [0.4, 0.5) is 0 Å². The summed E-state index contributed by atoms with van der Waals surface area (Å²) in [7, 11) is 0. The molecule has 0 aromatic carbocycles. The van der Waals surface area contributed by atoms with Gasteiger partial charge in [0.1, 0.15) is 0 Å². The molecule has 0 saturated carbocycles. The fraction of sp³-hybridized carbons (Fsp3) is 1.00. The number of hydrogen-bond acceptors (Lipinski definition) is 4. The molecule has 0 atom stereocenters. The van der Waals surface area contributed by atoms with Gasteiger partial charge in [-0.1, -0.05) is 0 Å². The average Bonchev–Trinajstić information content (AvgIpc) is 1.84. The Bertz CT molecular complexity index is 106. The Hall–Kier alpha value is -0.160. The lowest BCUT2D eigenvalue weighted by Crippen LogP contribution is -2.47. The summed E-state index contributed by atoms with van der Waals surface area (Å²) in [6, 6.07) is 0. The van der Waals surface area contributed by atoms with Crippen LogP contribution in [0.25, 0.3) is 0 Å². The van der Waals surface area contributed by atoms with Crippen LogP contribution in [0.15, 0.2) is 0 Å². The molecule has 12 heavy (non-hydrogen) atoms. The Labute approximate surface area is 74.0 Å². The molecule has 4 nitrogen and oxygen atoms in total. The summed E-state index contributed by atoms with van der Waals surface area (Å²) < 4.78 is 0. The van der Waals surface area contributed by atoms with Crippen LogP contribution in [0, 0.1) is 0 Å². The maximum atomic E-state index is 8.70. The number of nitrogens with zero attached hydrogens (tertiary/aromatic N) is 1. The van der Waals surface area contributed by atoms with Gasteiger partial charge >= 0.3 is 0 Å². The molecule has 0 amide bonds. The monoisotopic (exact) mass is 176 g/mol. The highest BCUT2D eigenvalue weighted by Gasteiger charge is 2.15. The molecule has 0 aliphatic carbocycles. The third kappa shape index (κ3) is 6.54. The standard InChI is InChI=1S/C8H20N2O2/c1-8(2,9)7-10(3-5-11)4-6-12/h11-12H,3-7,9H2,1-2H3. The molecule has 0 fully saturated rings. The lowest BCUT2D eigenvalue weighted by atomic mass is 10.1. The largest absolute Gasteiger partial charge is 0.395 e. The second-order valence-electron chi connectivity index (χ2n) is 3.71. The molecule has 0 saturated heterocycles. The van der Waals surface area contributed by atoms with E-state index in [1.807, 2.05) is 18.7 Å². The van der Waals surface area contributed by atoms with Crippen LogP contribution in [-0.4, -0.2) is 53.5 Å². The Kier molecular flexibility index (Phi) is 5.41. The molecule has 4 N–H and O–H groups in total. The normalized spacial score (nSPS) is 12.5. The van der Waals surface area contributed by atoms with Gasteiger partial charge in [0.05, 0.1) is 13.2 Å². The minimum atomic E-state index is -0.273. The van der Waals surface area contributed by atoms with E-state index in [1.165, 1.54) is 0 Å². The van der Waals surface area contributed by atoms with Crippen molar-refractivity contribution in [2.75, 3.05) is 32.8 Å². The molecular weight excluding hydrogens is 156 g/mol. The van der Waals surface area contributed by atoms with Gasteiger partial charge in [0, 0.05) is 25.2 Å². The molecule has 0 aliphatic rings. The first kappa shape index (κ1) is 11.8. The fourth-order valence-electron chi connectivity index (χ4n) is 1.13. The van der Waals surface area contributed by atoms with Crippen molar-refractivity contribution in [2.24, 2.45) is 5.73 Å². The van der Waals surface area contributed by atoms with Gasteiger partial charge < -0.3 is 15.9 Å². The minimum Gasteiger partial charge on any atom is -0.395 e. The lowest BCUT2D eigenvalue weighted by molar-refractivity contribution is 0.143. The van der Waals surface area contributed by atoms with Crippen molar-refractivity contribution in [2.45, 2.75) is 19.4 Å². The molecule has 4 heteroatoms. The van der Waals surface area contributed by atoms with E-state index in [9.17, 15) is 0 Å². The van der Waals surface area contributed by atoms with E-state index in [2.05, 4.69) is 0 Å². The molecule has 0 spiro atoms. The van der Waals surface area contributed by atoms with Gasteiger partial charge in [0.25, 0.3) is 0 Å². The third-order valence-corrected chi connectivity index (χ3v) is 1.46. The summed E-state index contributed by atoms with van der Waals surface area (Å²) in [5, 5.41) is 17.4. The highest BCUT2D eigenvalue weighted by Crippen LogP contribution is 2.00. The molecule has 74 valence electrons. The molecule has 0 aliphatic heterocycles. The number of rotatable bonds is 6. The maximum absolute atomic E-state index is 8.70. The van der Waals surface area contributed by atoms with E-state index in [0.717, 1.165) is 0 Å². The average molecular weight is 176 g/mol. The zero-order valence-electron chi connectivity index (χ0n) is 7.95. The topological polar surface area (TPSA) is 69.7 Å². The molecule has 0 rings (SSSR count). The van der Waals surface area contributed by atoms with Crippen LogP contribution >= 0.6 is 0 Å². The first-order chi connectivity index (χ1) is 5.49. The zero-order valence-corrected chi connectivity index (χ0v) is 7.95. The summed E-state index contributed by atoms with van der Waals surface area (Å²) in [6.45, 7) is 5.89. The molecule has 0 aromatic heterocycles. The number of hydrogen-bond donors (Lipinski definition) is 3. The molecule has 0 bridgehead atoms. The summed E-state index contributed by atoms with van der Waals surface area (Å²) in [5.41, 5.74) is 5.52. The van der Waals surface area contributed by atoms with Crippen LogP contribution in [0.3, 0.4) is 0 Å². The molecule has 0 heterocycles. The predicted molar refractivity (Wildman–Crippen MR) is 48.9 cm³/mol. The maximum Gasteiger partial charge on any atom is 0.0558 e. The number of aliphatic hydroxyl groups is 2. The highest BCUT2D eigenvalue weighted by atomic mass is 16.3. The zero-order chi connectivity index (χ0) is 9.61. The summed E-state index contributed by atoms with van der Waals surface area (Å²) in [6.07, 6.45) is 0. The Morgan fingerprint density at radius 3 is 1.83 bits per heavy atom. The van der Waals surface area contributed by atoms with Gasteiger partial charge in [-0.2, -0.15) is 0 Å². The third-order valence-electron chi connectivity index (χ3n) is 1.46. The van der Waals surface area contributed by atoms with Crippen molar-refractivity contribution >= 4 is 0 Å². The second-order valence-corrected chi connectivity index (χ2v) is 3.71. The quantitative estimate of drug-likeness (QED) is 0.486. The first-order valence-corrected chi connectivity index (χ1v) is 4.22. The Balaban J connectivity index is 3.77. The van der Waals surface area contributed by atoms with Crippen molar-refractivity contribution < 1.29 is 10.2 Å². The van der Waals surface area contributed by atoms with Crippen molar-refractivity contribution in [3.63, 3.8) is 0 Å². The van der Waals surface area contributed by atoms with E-state index in [-0.39, 0.29) is 18.8 Å². The molecule has 0 radical (unpaired) electrons. The van der Waals surface area contributed by atoms with Crippen LogP contribution in [0.1, 0.15) is 13.8 Å². The van der Waals surface area contributed by atoms with E-state index in [1.54, 1.807) is 0 Å². The van der Waals surface area contributed by atoms with Crippen LogP contribution in [0.5, 0.6) is 0 Å². The van der Waals surface area contributed by atoms with E-state index >= 15 is 0 Å². The lowest BCUT2D eigenvalue weighted by Gasteiger charge is -2.28. The first-order valence-electron chi connectivity index (χ1n) is 4.22. The SMILES string of the molecule is CC(C)(N)CN(CCO)CCO. The van der Waals surface area contributed by atoms with Crippen LogP contribution in [0.2, 0.25) is 0 Å². The number of aliphatic hydroxyl groups excluding tert-OH is 2. The Morgan fingerprint density at radius 2 is 1.58 bits per heavy atom. The smallest absolute Gasteiger partial charge is 0.0558 e. The highest BCUT2D eigenvalue weighted by molar-refractivity contribution is 4.76. The van der Waals surface area contributed by atoms with Crippen molar-refractivity contribution in [3.05, 3.63) is 0 Å². The predicted octanol–water partition coefficient (Wildman–Crippen LogP) is -0.990. The van der Waals surface area contributed by atoms with Crippen molar-refractivity contribution in [1.82, 2.24) is 4.90 Å². The van der Waals surface area contributed by atoms with Gasteiger partial charge in [-0.25, -0.2) is 0 Å². The molecular formula is C8H20N2O2. The Morgan fingerprint density at radius 1 is 1.17 bits per heavy atom. The van der Waals surface area contributed by atoms with Gasteiger partial charge in [0.15, 0.2) is 0 Å². The minimum absolute atomic E-state index is 0.107. The molecule has 0 unspecified atom stereocenters. The van der Waals surface area contributed by atoms with E-state index in [0.29, 0.717) is 19.6 Å². The van der Waals surface area contributed by atoms with Gasteiger partial charge in [-0.15, -0.1) is 0 Å². The summed E-state index contributed by atoms with van der Waals surface area (Å²) >= 11 is 0. The van der Waals surface area contributed by atoms with Gasteiger partial charge in [-0.05, 0) is 13.8 Å². The molecule has 0 aromatic rings. The second kappa shape index (κ2) is 5.48. The summed E-state index contributed by atoms with van der Waals surface area (Å²) in [4.78, 5) is 1.94. The number of nitrogens with two attached hydrogens (primary N) is 1. The van der Waals surface area contributed by atoms with Crippen LogP contribution in [-0.2, 0) is 0 Å². The van der Waals surface area contributed by atoms with Crippen molar-refractivity contribution in [1.29, 1.82) is 0 Å². The van der Waals surface area contributed by atoms with Crippen molar-refractivity contribution in [3.8, 4) is 0 Å². The fourth-order valence-corrected chi connectivity index (χ4v) is 1.13. The van der Waals surface area contributed by atoms with E-state index in [4.69, 9.17) is 15.9 Å². The van der Waals surface area contributed by atoms with E-state index < -0.39 is 0 Å². The van der Waals surface area contributed by atoms with Gasteiger partial charge in [-0.3, -0.25) is 4.90 Å².